The van der Waals surface area contributed by atoms with Gasteiger partial charge in [0.15, 0.2) is 0 Å². The Hall–Kier alpha value is -2.39. The number of nitrogens with zero attached hydrogens (tertiary/aromatic N) is 2. The summed E-state index contributed by atoms with van der Waals surface area (Å²) in [6.07, 6.45) is 1.27. The second-order valence-corrected chi connectivity index (χ2v) is 7.39. The molecule has 0 bridgehead atoms. The molecule has 1 amide bonds. The molecule has 25 heavy (non-hydrogen) atoms. The van der Waals surface area contributed by atoms with Crippen LogP contribution in [0.2, 0.25) is 5.02 Å². The zero-order valence-electron chi connectivity index (χ0n) is 13.0. The zero-order chi connectivity index (χ0) is 18.2. The second-order valence-electron chi connectivity index (χ2n) is 5.13. The largest absolute Gasteiger partial charge is 0.474 e. The summed E-state index contributed by atoms with van der Waals surface area (Å²) < 4.78 is 46.2. The lowest BCUT2D eigenvalue weighted by atomic mass is 10.2. The third-order valence-corrected chi connectivity index (χ3v) is 5.67. The fourth-order valence-corrected chi connectivity index (χ4v) is 4.04. The Balaban J connectivity index is 2.11. The van der Waals surface area contributed by atoms with E-state index in [0.717, 1.165) is 16.4 Å². The van der Waals surface area contributed by atoms with Crippen LogP contribution in [0.3, 0.4) is 0 Å². The van der Waals surface area contributed by atoms with E-state index in [1.54, 1.807) is 0 Å². The van der Waals surface area contributed by atoms with Gasteiger partial charge >= 0.3 is 0 Å². The van der Waals surface area contributed by atoms with Gasteiger partial charge < -0.3 is 10.1 Å². The summed E-state index contributed by atoms with van der Waals surface area (Å²) in [5, 5.41) is 2.51. The van der Waals surface area contributed by atoms with Crippen molar-refractivity contribution in [3.63, 3.8) is 0 Å². The number of hydrogen-bond acceptors (Lipinski definition) is 5. The molecule has 0 radical (unpaired) electrons. The topological polar surface area (TPSA) is 88.6 Å². The lowest BCUT2D eigenvalue weighted by Gasteiger charge is -2.30. The smallest absolute Gasteiger partial charge is 0.267 e. The molecule has 0 saturated heterocycles. The predicted molar refractivity (Wildman–Crippen MR) is 89.1 cm³/mol. The molecule has 3 rings (SSSR count). The number of amides is 1. The Morgan fingerprint density at radius 2 is 2.16 bits per heavy atom. The Bertz CT molecular complexity index is 952. The maximum absolute atomic E-state index is 14.1. The first kappa shape index (κ1) is 17.4. The summed E-state index contributed by atoms with van der Waals surface area (Å²) >= 11 is 5.68. The molecule has 132 valence electrons. The minimum absolute atomic E-state index is 0.0454. The van der Waals surface area contributed by atoms with E-state index in [4.69, 9.17) is 16.3 Å². The van der Waals surface area contributed by atoms with Crippen LogP contribution in [0.5, 0.6) is 5.88 Å². The number of rotatable bonds is 3. The fourth-order valence-electron chi connectivity index (χ4n) is 2.40. The van der Waals surface area contributed by atoms with Gasteiger partial charge in [0.2, 0.25) is 5.88 Å². The van der Waals surface area contributed by atoms with E-state index in [0.29, 0.717) is 0 Å². The van der Waals surface area contributed by atoms with Crippen molar-refractivity contribution >= 4 is 33.2 Å². The number of halogens is 2. The lowest BCUT2D eigenvalue weighted by Crippen LogP contribution is -2.39. The molecule has 0 saturated carbocycles. The van der Waals surface area contributed by atoms with E-state index < -0.39 is 26.6 Å². The van der Waals surface area contributed by atoms with Gasteiger partial charge in [-0.25, -0.2) is 17.8 Å². The number of ether oxygens (including phenoxy) is 1. The van der Waals surface area contributed by atoms with Crippen molar-refractivity contribution in [2.45, 2.75) is 4.90 Å². The second kappa shape index (κ2) is 6.49. The van der Waals surface area contributed by atoms with Gasteiger partial charge in [0, 0.05) is 18.3 Å². The monoisotopic (exact) mass is 385 g/mol. The van der Waals surface area contributed by atoms with Crippen molar-refractivity contribution in [3.8, 4) is 5.88 Å². The van der Waals surface area contributed by atoms with Crippen LogP contribution in [0.15, 0.2) is 35.4 Å². The molecule has 10 heteroatoms. The van der Waals surface area contributed by atoms with Crippen molar-refractivity contribution in [2.24, 2.45) is 0 Å². The van der Waals surface area contributed by atoms with Gasteiger partial charge in [-0.15, -0.1) is 0 Å². The van der Waals surface area contributed by atoms with Gasteiger partial charge in [-0.2, -0.15) is 0 Å². The molecule has 0 unspecified atom stereocenters. The summed E-state index contributed by atoms with van der Waals surface area (Å²) in [5.74, 6) is -1.34. The average Bonchev–Trinajstić information content (AvgIpc) is 2.59. The number of hydrogen-bond donors (Lipinski definition) is 1. The van der Waals surface area contributed by atoms with Crippen LogP contribution < -0.4 is 14.4 Å². The fraction of sp³-hybridized carbons (Fsp3) is 0.200. The van der Waals surface area contributed by atoms with Crippen molar-refractivity contribution in [1.29, 1.82) is 0 Å². The molecule has 1 N–H and O–H groups in total. The number of anilines is 1. The SMILES string of the molecule is CNC(=O)c1cnc2c(c1)N(S(=O)(=O)c1ccc(Cl)cc1F)CCO2. The molecular weight excluding hydrogens is 373 g/mol. The number of fused-ring (bicyclic) bond motifs is 1. The van der Waals surface area contributed by atoms with Crippen LogP contribution in [0, 0.1) is 5.82 Å². The molecule has 7 nitrogen and oxygen atoms in total. The summed E-state index contributed by atoms with van der Waals surface area (Å²) in [7, 11) is -2.78. The molecule has 0 fully saturated rings. The minimum Gasteiger partial charge on any atom is -0.474 e. The van der Waals surface area contributed by atoms with Crippen molar-refractivity contribution in [2.75, 3.05) is 24.5 Å². The number of benzene rings is 1. The van der Waals surface area contributed by atoms with Crippen LogP contribution in [0.1, 0.15) is 10.4 Å². The standard InChI is InChI=1S/C15H13ClFN3O4S/c1-18-14(21)9-6-12-15(19-8-9)24-5-4-20(12)25(22,23)13-3-2-10(16)7-11(13)17/h2-3,6-8H,4-5H2,1H3,(H,18,21). The van der Waals surface area contributed by atoms with Gasteiger partial charge in [-0.1, -0.05) is 11.6 Å². The molecule has 1 aliphatic rings. The Morgan fingerprint density at radius 3 is 2.84 bits per heavy atom. The minimum atomic E-state index is -4.22. The number of carbonyl (C=O) groups excluding carboxylic acids is 1. The van der Waals surface area contributed by atoms with Crippen LogP contribution in [-0.2, 0) is 10.0 Å². The Kier molecular flexibility index (Phi) is 4.53. The molecule has 0 spiro atoms. The van der Waals surface area contributed by atoms with E-state index in [1.165, 1.54) is 25.4 Å². The van der Waals surface area contributed by atoms with Crippen LogP contribution in [0.25, 0.3) is 0 Å². The molecule has 0 atom stereocenters. The van der Waals surface area contributed by atoms with Gasteiger partial charge in [0.1, 0.15) is 23.0 Å². The van der Waals surface area contributed by atoms with Gasteiger partial charge in [-0.3, -0.25) is 9.10 Å². The highest BCUT2D eigenvalue weighted by Crippen LogP contribution is 2.35. The van der Waals surface area contributed by atoms with Gasteiger partial charge in [-0.05, 0) is 24.3 Å². The predicted octanol–water partition coefficient (Wildman–Crippen LogP) is 1.82. The number of aromatic nitrogens is 1. The molecule has 1 aliphatic heterocycles. The van der Waals surface area contributed by atoms with E-state index >= 15 is 0 Å². The highest BCUT2D eigenvalue weighted by atomic mass is 35.5. The summed E-state index contributed by atoms with van der Waals surface area (Å²) in [5.41, 5.74) is 0.227. The molecular formula is C15H13ClFN3O4S. The van der Waals surface area contributed by atoms with E-state index in [-0.39, 0.29) is 35.3 Å². The highest BCUT2D eigenvalue weighted by molar-refractivity contribution is 7.92. The Labute approximate surface area is 148 Å². The van der Waals surface area contributed by atoms with Gasteiger partial charge in [0.25, 0.3) is 15.9 Å². The average molecular weight is 386 g/mol. The summed E-state index contributed by atoms with van der Waals surface area (Å²) in [6, 6.07) is 4.65. The van der Waals surface area contributed by atoms with Crippen LogP contribution in [-0.4, -0.2) is 39.5 Å². The van der Waals surface area contributed by atoms with Crippen LogP contribution >= 0.6 is 11.6 Å². The number of pyridine rings is 1. The first-order valence-corrected chi connectivity index (χ1v) is 8.99. The highest BCUT2D eigenvalue weighted by Gasteiger charge is 2.33. The number of sulfonamides is 1. The van der Waals surface area contributed by atoms with Crippen molar-refractivity contribution in [1.82, 2.24) is 10.3 Å². The quantitative estimate of drug-likeness (QED) is 0.870. The summed E-state index contributed by atoms with van der Waals surface area (Å²) in [4.78, 5) is 15.2. The maximum atomic E-state index is 14.1. The third kappa shape index (κ3) is 3.12. The first-order chi connectivity index (χ1) is 11.8. The van der Waals surface area contributed by atoms with Crippen LogP contribution in [0.4, 0.5) is 10.1 Å². The zero-order valence-corrected chi connectivity index (χ0v) is 14.6. The molecule has 0 aliphatic carbocycles. The van der Waals surface area contributed by atoms with Crippen molar-refractivity contribution in [3.05, 3.63) is 46.9 Å². The number of nitrogens with one attached hydrogen (secondary N) is 1. The first-order valence-electron chi connectivity index (χ1n) is 7.17. The summed E-state index contributed by atoms with van der Waals surface area (Å²) in [6.45, 7) is 0.00400. The molecule has 1 aromatic carbocycles. The maximum Gasteiger partial charge on any atom is 0.267 e. The van der Waals surface area contributed by atoms with Crippen molar-refractivity contribution < 1.29 is 22.3 Å². The third-order valence-electron chi connectivity index (χ3n) is 3.59. The van der Waals surface area contributed by atoms with E-state index in [2.05, 4.69) is 10.3 Å². The Morgan fingerprint density at radius 1 is 1.40 bits per heavy atom. The van der Waals surface area contributed by atoms with Gasteiger partial charge in [0.05, 0.1) is 12.1 Å². The van der Waals surface area contributed by atoms with E-state index in [9.17, 15) is 17.6 Å². The van der Waals surface area contributed by atoms with E-state index in [1.807, 2.05) is 0 Å². The molecule has 2 heterocycles. The normalized spacial score (nSPS) is 13.8. The molecule has 2 aromatic rings. The molecule has 1 aromatic heterocycles. The number of carbonyl (C=O) groups is 1. The lowest BCUT2D eigenvalue weighted by molar-refractivity contribution is 0.0962.